The van der Waals surface area contributed by atoms with Crippen LogP contribution in [0.25, 0.3) is 0 Å². The highest BCUT2D eigenvalue weighted by molar-refractivity contribution is 7.10. The molecule has 140 valence electrons. The van der Waals surface area contributed by atoms with Gasteiger partial charge in [-0.3, -0.25) is 9.80 Å². The van der Waals surface area contributed by atoms with E-state index < -0.39 is 0 Å². The van der Waals surface area contributed by atoms with Gasteiger partial charge in [0.2, 0.25) is 0 Å². The van der Waals surface area contributed by atoms with E-state index in [9.17, 15) is 0 Å². The lowest BCUT2D eigenvalue weighted by atomic mass is 10.1. The van der Waals surface area contributed by atoms with Gasteiger partial charge < -0.3 is 0 Å². The van der Waals surface area contributed by atoms with Gasteiger partial charge in [-0.1, -0.05) is 47.5 Å². The van der Waals surface area contributed by atoms with Crippen molar-refractivity contribution in [3.8, 4) is 0 Å². The van der Waals surface area contributed by atoms with Crippen LogP contribution < -0.4 is 9.80 Å². The molecular weight excluding hydrogens is 395 g/mol. The molecule has 2 aromatic carbocycles. The summed E-state index contributed by atoms with van der Waals surface area (Å²) < 4.78 is 0. The standard InChI is InChI=1S/C22H22Cl2N2S/c1-16-10-13-27-21(16)22-25(14-17-2-6-19(23)7-3-17)11-12-26(22)15-18-4-8-20(24)9-5-18/h2-10,13,22H,11-12,14-15H2,1H3/p+2. The van der Waals surface area contributed by atoms with Crippen molar-refractivity contribution < 1.29 is 9.80 Å². The number of halogens is 2. The van der Waals surface area contributed by atoms with Crippen molar-refractivity contribution in [1.82, 2.24) is 0 Å². The van der Waals surface area contributed by atoms with Crippen LogP contribution in [0.4, 0.5) is 0 Å². The first kappa shape index (κ1) is 19.0. The largest absolute Gasteiger partial charge is 0.273 e. The van der Waals surface area contributed by atoms with Crippen LogP contribution in [-0.2, 0) is 13.1 Å². The zero-order valence-corrected chi connectivity index (χ0v) is 17.7. The molecule has 27 heavy (non-hydrogen) atoms. The van der Waals surface area contributed by atoms with Gasteiger partial charge in [-0.05, 0) is 48.2 Å². The van der Waals surface area contributed by atoms with E-state index in [1.807, 2.05) is 35.6 Å². The molecular formula is C22H24Cl2N2S+2. The summed E-state index contributed by atoms with van der Waals surface area (Å²) in [6.07, 6.45) is 0.469. The maximum Gasteiger partial charge on any atom is 0.250 e. The molecule has 0 bridgehead atoms. The van der Waals surface area contributed by atoms with Crippen LogP contribution in [-0.4, -0.2) is 13.1 Å². The second-order valence-electron chi connectivity index (χ2n) is 7.32. The molecule has 4 rings (SSSR count). The lowest BCUT2D eigenvalue weighted by Gasteiger charge is -2.24. The minimum absolute atomic E-state index is 0.469. The van der Waals surface area contributed by atoms with Crippen molar-refractivity contribution in [2.45, 2.75) is 26.2 Å². The molecule has 1 fully saturated rings. The number of benzene rings is 2. The third kappa shape index (κ3) is 4.39. The molecule has 0 aliphatic carbocycles. The van der Waals surface area contributed by atoms with Crippen LogP contribution in [0.1, 0.15) is 27.7 Å². The van der Waals surface area contributed by atoms with E-state index >= 15 is 0 Å². The highest BCUT2D eigenvalue weighted by Crippen LogP contribution is 2.20. The predicted molar refractivity (Wildman–Crippen MR) is 114 cm³/mol. The Hall–Kier alpha value is -1.36. The smallest absolute Gasteiger partial charge is 0.250 e. The molecule has 5 heteroatoms. The zero-order chi connectivity index (χ0) is 18.8. The number of nitrogens with one attached hydrogen (secondary N) is 2. The molecule has 0 amide bonds. The first-order valence-electron chi connectivity index (χ1n) is 9.32. The fourth-order valence-corrected chi connectivity index (χ4v) is 5.45. The first-order chi connectivity index (χ1) is 13.1. The van der Waals surface area contributed by atoms with E-state index in [2.05, 4.69) is 42.6 Å². The molecule has 2 atom stereocenters. The van der Waals surface area contributed by atoms with Gasteiger partial charge in [0, 0.05) is 21.2 Å². The van der Waals surface area contributed by atoms with E-state index in [-0.39, 0.29) is 0 Å². The average molecular weight is 419 g/mol. The second kappa shape index (κ2) is 8.34. The fraction of sp³-hybridized carbons (Fsp3) is 0.273. The molecule has 1 saturated heterocycles. The van der Waals surface area contributed by atoms with Crippen LogP contribution >= 0.6 is 34.5 Å². The molecule has 1 aliphatic heterocycles. The summed E-state index contributed by atoms with van der Waals surface area (Å²) in [6.45, 7) is 6.65. The zero-order valence-electron chi connectivity index (χ0n) is 15.3. The quantitative estimate of drug-likeness (QED) is 0.626. The summed E-state index contributed by atoms with van der Waals surface area (Å²) in [5, 5.41) is 3.83. The van der Waals surface area contributed by atoms with Gasteiger partial charge in [-0.15, -0.1) is 11.3 Å². The van der Waals surface area contributed by atoms with Gasteiger partial charge in [-0.2, -0.15) is 0 Å². The van der Waals surface area contributed by atoms with E-state index in [1.54, 1.807) is 9.80 Å². The van der Waals surface area contributed by atoms with Gasteiger partial charge in [0.1, 0.15) is 31.1 Å². The first-order valence-corrected chi connectivity index (χ1v) is 11.0. The van der Waals surface area contributed by atoms with Crippen molar-refractivity contribution in [2.24, 2.45) is 0 Å². The van der Waals surface area contributed by atoms with E-state index in [0.29, 0.717) is 6.17 Å². The summed E-state index contributed by atoms with van der Waals surface area (Å²) in [5.74, 6) is 0. The van der Waals surface area contributed by atoms with E-state index in [0.717, 1.165) is 23.1 Å². The van der Waals surface area contributed by atoms with Gasteiger partial charge in [-0.25, -0.2) is 0 Å². The summed E-state index contributed by atoms with van der Waals surface area (Å²) in [7, 11) is 0. The van der Waals surface area contributed by atoms with Crippen LogP contribution in [0.2, 0.25) is 10.0 Å². The van der Waals surface area contributed by atoms with Crippen LogP contribution in [0, 0.1) is 6.92 Å². The second-order valence-corrected chi connectivity index (χ2v) is 9.14. The van der Waals surface area contributed by atoms with Crippen LogP contribution in [0.15, 0.2) is 60.0 Å². The Balaban J connectivity index is 1.58. The summed E-state index contributed by atoms with van der Waals surface area (Å²) >= 11 is 14.0. The lowest BCUT2D eigenvalue weighted by molar-refractivity contribution is -1.09. The van der Waals surface area contributed by atoms with Gasteiger partial charge >= 0.3 is 0 Å². The summed E-state index contributed by atoms with van der Waals surface area (Å²) in [4.78, 5) is 4.78. The molecule has 3 aromatic rings. The monoisotopic (exact) mass is 418 g/mol. The topological polar surface area (TPSA) is 8.88 Å². The van der Waals surface area contributed by atoms with Crippen molar-refractivity contribution in [2.75, 3.05) is 13.1 Å². The number of quaternary nitrogens is 2. The molecule has 2 heterocycles. The Morgan fingerprint density at radius 3 is 1.70 bits per heavy atom. The highest BCUT2D eigenvalue weighted by atomic mass is 35.5. The van der Waals surface area contributed by atoms with Crippen LogP contribution in [0.3, 0.4) is 0 Å². The van der Waals surface area contributed by atoms with Crippen molar-refractivity contribution >= 4 is 34.5 Å². The third-order valence-electron chi connectivity index (χ3n) is 5.44. The maximum atomic E-state index is 6.06. The molecule has 2 N–H and O–H groups in total. The molecule has 0 spiro atoms. The Labute approximate surface area is 174 Å². The SMILES string of the molecule is Cc1ccsc1C1[NH+](Cc2ccc(Cl)cc2)CC[NH+]1Cc1ccc(Cl)cc1. The van der Waals surface area contributed by atoms with Crippen LogP contribution in [0.5, 0.6) is 0 Å². The Kier molecular flexibility index (Phi) is 5.86. The van der Waals surface area contributed by atoms with Crippen molar-refractivity contribution in [3.63, 3.8) is 0 Å². The van der Waals surface area contributed by atoms with Crippen molar-refractivity contribution in [3.05, 3.63) is 91.6 Å². The number of hydrogen-bond donors (Lipinski definition) is 2. The number of hydrogen-bond acceptors (Lipinski definition) is 1. The minimum Gasteiger partial charge on any atom is -0.273 e. The minimum atomic E-state index is 0.469. The third-order valence-corrected chi connectivity index (χ3v) is 7.02. The summed E-state index contributed by atoms with van der Waals surface area (Å²) in [5.41, 5.74) is 4.11. The van der Waals surface area contributed by atoms with E-state index in [4.69, 9.17) is 23.2 Å². The Morgan fingerprint density at radius 2 is 1.30 bits per heavy atom. The van der Waals surface area contributed by atoms with Gasteiger partial charge in [0.15, 0.2) is 0 Å². The molecule has 1 aliphatic rings. The molecule has 0 saturated carbocycles. The number of thiophene rings is 1. The highest BCUT2D eigenvalue weighted by Gasteiger charge is 2.42. The Morgan fingerprint density at radius 1 is 0.815 bits per heavy atom. The Bertz CT molecular complexity index is 834. The maximum absolute atomic E-state index is 6.06. The van der Waals surface area contributed by atoms with Gasteiger partial charge in [0.25, 0.3) is 6.17 Å². The average Bonchev–Trinajstić information content (AvgIpc) is 3.25. The van der Waals surface area contributed by atoms with E-state index in [1.165, 1.54) is 34.7 Å². The molecule has 1 aromatic heterocycles. The fourth-order valence-electron chi connectivity index (χ4n) is 4.06. The molecule has 2 unspecified atom stereocenters. The van der Waals surface area contributed by atoms with Crippen molar-refractivity contribution in [1.29, 1.82) is 0 Å². The summed E-state index contributed by atoms with van der Waals surface area (Å²) in [6, 6.07) is 18.9. The lowest BCUT2D eigenvalue weighted by Crippen LogP contribution is -3.22. The molecule has 0 radical (unpaired) electrons. The molecule has 2 nitrogen and oxygen atoms in total. The van der Waals surface area contributed by atoms with Gasteiger partial charge in [0.05, 0.1) is 0 Å². The number of rotatable bonds is 5. The predicted octanol–water partition coefficient (Wildman–Crippen LogP) is 3.55. The normalized spacial score (nSPS) is 22.3. The number of aryl methyl sites for hydroxylation is 1.